The van der Waals surface area contributed by atoms with Gasteiger partial charge < -0.3 is 15.3 Å². The number of aliphatic hydroxyl groups is 1. The van der Waals surface area contributed by atoms with Gasteiger partial charge in [-0.05, 0) is 37.5 Å². The molecule has 0 atom stereocenters. The van der Waals surface area contributed by atoms with Gasteiger partial charge in [0.1, 0.15) is 6.54 Å². The van der Waals surface area contributed by atoms with Crippen LogP contribution < -0.4 is 15.8 Å². The molecule has 7 nitrogen and oxygen atoms in total. The van der Waals surface area contributed by atoms with E-state index in [-0.39, 0.29) is 30.2 Å². The van der Waals surface area contributed by atoms with Crippen molar-refractivity contribution in [3.8, 4) is 0 Å². The molecule has 1 aliphatic carbocycles. The molecule has 1 heterocycles. The minimum Gasteiger partial charge on any atom is -0.393 e. The van der Waals surface area contributed by atoms with Crippen molar-refractivity contribution in [3.05, 3.63) is 34.2 Å². The second-order valence-electron chi connectivity index (χ2n) is 6.78. The number of carbonyl (C=O) groups excluding carboxylic acids is 1. The SMILES string of the molecule is CCc1nn(CC(=O)NC2CC(O)C2)c(=O)c2ccc(N(C)C)cc12. The first kappa shape index (κ1) is 17.4. The molecule has 1 aromatic heterocycles. The lowest BCUT2D eigenvalue weighted by Gasteiger charge is -2.31. The highest BCUT2D eigenvalue weighted by Gasteiger charge is 2.28. The lowest BCUT2D eigenvalue weighted by atomic mass is 9.89. The molecule has 3 rings (SSSR count). The summed E-state index contributed by atoms with van der Waals surface area (Å²) in [6.45, 7) is 1.87. The number of hydrogen-bond donors (Lipinski definition) is 2. The number of carbonyl (C=O) groups is 1. The topological polar surface area (TPSA) is 87.5 Å². The van der Waals surface area contributed by atoms with Gasteiger partial charge in [-0.25, -0.2) is 4.68 Å². The summed E-state index contributed by atoms with van der Waals surface area (Å²) in [6.07, 6.45) is 1.48. The summed E-state index contributed by atoms with van der Waals surface area (Å²) in [5, 5.41) is 17.9. The Kier molecular flexibility index (Phi) is 4.76. The molecule has 1 aromatic carbocycles. The van der Waals surface area contributed by atoms with Crippen LogP contribution >= 0.6 is 0 Å². The van der Waals surface area contributed by atoms with Crippen LogP contribution in [-0.2, 0) is 17.8 Å². The molecule has 0 unspecified atom stereocenters. The van der Waals surface area contributed by atoms with E-state index in [2.05, 4.69) is 10.4 Å². The highest BCUT2D eigenvalue weighted by molar-refractivity contribution is 5.87. The third-order valence-electron chi connectivity index (χ3n) is 4.64. The molecule has 2 N–H and O–H groups in total. The molecule has 0 aliphatic heterocycles. The number of hydrogen-bond acceptors (Lipinski definition) is 5. The molecule has 134 valence electrons. The summed E-state index contributed by atoms with van der Waals surface area (Å²) in [6, 6.07) is 5.64. The van der Waals surface area contributed by atoms with Crippen LogP contribution in [0.4, 0.5) is 5.69 Å². The first-order valence-corrected chi connectivity index (χ1v) is 8.57. The molecule has 2 aromatic rings. The molecular formula is C18H24N4O3. The van der Waals surface area contributed by atoms with Gasteiger partial charge in [0, 0.05) is 31.2 Å². The molecule has 7 heteroatoms. The quantitative estimate of drug-likeness (QED) is 0.832. The van der Waals surface area contributed by atoms with Crippen LogP contribution in [-0.4, -0.2) is 47.0 Å². The monoisotopic (exact) mass is 344 g/mol. The molecule has 0 radical (unpaired) electrons. The molecule has 0 spiro atoms. The smallest absolute Gasteiger partial charge is 0.275 e. The number of aromatic nitrogens is 2. The van der Waals surface area contributed by atoms with E-state index < -0.39 is 0 Å². The highest BCUT2D eigenvalue weighted by atomic mass is 16.3. The Labute approximate surface area is 146 Å². The zero-order valence-electron chi connectivity index (χ0n) is 14.8. The Morgan fingerprint density at radius 1 is 1.36 bits per heavy atom. The van der Waals surface area contributed by atoms with Crippen LogP contribution in [0.5, 0.6) is 0 Å². The minimum absolute atomic E-state index is 0.00745. The predicted molar refractivity (Wildman–Crippen MR) is 96.9 cm³/mol. The summed E-state index contributed by atoms with van der Waals surface area (Å²) in [5.74, 6) is -0.252. The minimum atomic E-state index is -0.329. The van der Waals surface area contributed by atoms with Crippen molar-refractivity contribution in [2.24, 2.45) is 0 Å². The zero-order valence-corrected chi connectivity index (χ0v) is 14.8. The summed E-state index contributed by atoms with van der Waals surface area (Å²) >= 11 is 0. The van der Waals surface area contributed by atoms with Gasteiger partial charge in [0.15, 0.2) is 0 Å². The van der Waals surface area contributed by atoms with Crippen molar-refractivity contribution < 1.29 is 9.90 Å². The van der Waals surface area contributed by atoms with Gasteiger partial charge in [-0.15, -0.1) is 0 Å². The number of nitrogens with one attached hydrogen (secondary N) is 1. The van der Waals surface area contributed by atoms with Crippen molar-refractivity contribution in [1.29, 1.82) is 0 Å². The van der Waals surface area contributed by atoms with Gasteiger partial charge >= 0.3 is 0 Å². The van der Waals surface area contributed by atoms with Gasteiger partial charge in [0.25, 0.3) is 5.56 Å². The van der Waals surface area contributed by atoms with E-state index in [4.69, 9.17) is 0 Å². The third kappa shape index (κ3) is 3.51. The van der Waals surface area contributed by atoms with E-state index in [0.717, 1.165) is 16.8 Å². The molecular weight excluding hydrogens is 320 g/mol. The zero-order chi connectivity index (χ0) is 18.1. The lowest BCUT2D eigenvalue weighted by molar-refractivity contribution is -0.123. The van der Waals surface area contributed by atoms with Crippen LogP contribution in [0.15, 0.2) is 23.0 Å². The summed E-state index contributed by atoms with van der Waals surface area (Å²) < 4.78 is 1.24. The number of anilines is 1. The standard InChI is InChI=1S/C18H24N4O3/c1-4-16-15-9-12(21(2)3)5-6-14(15)18(25)22(20-16)10-17(24)19-11-7-13(23)8-11/h5-6,9,11,13,23H,4,7-8,10H2,1-3H3,(H,19,24). The van der Waals surface area contributed by atoms with E-state index in [1.807, 2.05) is 38.1 Å². The highest BCUT2D eigenvalue weighted by Crippen LogP contribution is 2.21. The van der Waals surface area contributed by atoms with Crippen molar-refractivity contribution in [2.45, 2.75) is 44.9 Å². The Bertz CT molecular complexity index is 853. The largest absolute Gasteiger partial charge is 0.393 e. The summed E-state index contributed by atoms with van der Waals surface area (Å²) in [4.78, 5) is 26.8. The molecule has 1 amide bonds. The second-order valence-corrected chi connectivity index (χ2v) is 6.78. The van der Waals surface area contributed by atoms with Crippen molar-refractivity contribution in [3.63, 3.8) is 0 Å². The number of benzene rings is 1. The van der Waals surface area contributed by atoms with Crippen molar-refractivity contribution in [1.82, 2.24) is 15.1 Å². The Hall–Kier alpha value is -2.41. The van der Waals surface area contributed by atoms with Gasteiger partial charge in [0.05, 0.1) is 17.2 Å². The van der Waals surface area contributed by atoms with Gasteiger partial charge in [-0.3, -0.25) is 9.59 Å². The molecule has 1 fully saturated rings. The number of nitrogens with zero attached hydrogens (tertiary/aromatic N) is 3. The normalized spacial score (nSPS) is 19.5. The van der Waals surface area contributed by atoms with E-state index in [9.17, 15) is 14.7 Å². The molecule has 1 saturated carbocycles. The Morgan fingerprint density at radius 3 is 2.68 bits per heavy atom. The molecule has 0 saturated heterocycles. The molecule has 1 aliphatic rings. The second kappa shape index (κ2) is 6.84. The number of fused-ring (bicyclic) bond motifs is 1. The number of rotatable bonds is 5. The van der Waals surface area contributed by atoms with Crippen molar-refractivity contribution in [2.75, 3.05) is 19.0 Å². The molecule has 0 bridgehead atoms. The van der Waals surface area contributed by atoms with Crippen LogP contribution in [0.25, 0.3) is 10.8 Å². The van der Waals surface area contributed by atoms with Crippen LogP contribution in [0.1, 0.15) is 25.5 Å². The fourth-order valence-corrected chi connectivity index (χ4v) is 3.10. The van der Waals surface area contributed by atoms with E-state index >= 15 is 0 Å². The fourth-order valence-electron chi connectivity index (χ4n) is 3.10. The number of amides is 1. The predicted octanol–water partition coefficient (Wildman–Crippen LogP) is 0.664. The fraction of sp³-hybridized carbons (Fsp3) is 0.500. The maximum absolute atomic E-state index is 12.7. The van der Waals surface area contributed by atoms with Gasteiger partial charge in [-0.1, -0.05) is 6.92 Å². The third-order valence-corrected chi connectivity index (χ3v) is 4.64. The average Bonchev–Trinajstić information content (AvgIpc) is 2.55. The van der Waals surface area contributed by atoms with E-state index in [1.165, 1.54) is 4.68 Å². The van der Waals surface area contributed by atoms with E-state index in [1.54, 1.807) is 6.07 Å². The first-order valence-electron chi connectivity index (χ1n) is 8.57. The van der Waals surface area contributed by atoms with Crippen molar-refractivity contribution >= 4 is 22.4 Å². The molecule has 25 heavy (non-hydrogen) atoms. The number of aliphatic hydroxyl groups excluding tert-OH is 1. The Morgan fingerprint density at radius 2 is 2.08 bits per heavy atom. The van der Waals surface area contributed by atoms with Crippen LogP contribution in [0.3, 0.4) is 0 Å². The summed E-state index contributed by atoms with van der Waals surface area (Å²) in [5.41, 5.74) is 1.54. The maximum atomic E-state index is 12.7. The lowest BCUT2D eigenvalue weighted by Crippen LogP contribution is -2.48. The van der Waals surface area contributed by atoms with Gasteiger partial charge in [0.2, 0.25) is 5.91 Å². The van der Waals surface area contributed by atoms with E-state index in [0.29, 0.717) is 24.6 Å². The average molecular weight is 344 g/mol. The van der Waals surface area contributed by atoms with Crippen LogP contribution in [0, 0.1) is 0 Å². The Balaban J connectivity index is 1.91. The maximum Gasteiger partial charge on any atom is 0.275 e. The summed E-state index contributed by atoms with van der Waals surface area (Å²) in [7, 11) is 3.90. The van der Waals surface area contributed by atoms with Crippen LogP contribution in [0.2, 0.25) is 0 Å². The van der Waals surface area contributed by atoms with Gasteiger partial charge in [-0.2, -0.15) is 5.10 Å². The number of aryl methyl sites for hydroxylation is 1. The first-order chi connectivity index (χ1) is 11.9.